The summed E-state index contributed by atoms with van der Waals surface area (Å²) in [7, 11) is 0. The molecule has 1 fully saturated rings. The third-order valence-electron chi connectivity index (χ3n) is 3.52. The molecule has 0 aliphatic heterocycles. The molecule has 1 heterocycles. The molecule has 5 heteroatoms. The number of aromatic nitrogens is 1. The molecule has 0 spiro atoms. The van der Waals surface area contributed by atoms with Gasteiger partial charge in [0, 0.05) is 6.54 Å². The van der Waals surface area contributed by atoms with Crippen LogP contribution in [0, 0.1) is 5.41 Å². The average Bonchev–Trinajstić information content (AvgIpc) is 3.08. The van der Waals surface area contributed by atoms with Crippen LogP contribution in [0.1, 0.15) is 36.7 Å². The summed E-state index contributed by atoms with van der Waals surface area (Å²) < 4.78 is 0. The molecule has 0 aromatic carbocycles. The molecule has 92 valence electrons. The highest BCUT2D eigenvalue weighted by Gasteiger charge is 2.40. The van der Waals surface area contributed by atoms with Crippen molar-refractivity contribution in [2.24, 2.45) is 11.1 Å². The van der Waals surface area contributed by atoms with Gasteiger partial charge in [0.05, 0.1) is 5.69 Å². The lowest BCUT2D eigenvalue weighted by atomic mass is 10.0. The van der Waals surface area contributed by atoms with Crippen molar-refractivity contribution in [1.29, 1.82) is 0 Å². The van der Waals surface area contributed by atoms with Gasteiger partial charge in [0.15, 0.2) is 0 Å². The lowest BCUT2D eigenvalue weighted by molar-refractivity contribution is 0.0996. The zero-order chi connectivity index (χ0) is 12.5. The van der Waals surface area contributed by atoms with Gasteiger partial charge in [0.25, 0.3) is 5.91 Å². The van der Waals surface area contributed by atoms with Crippen LogP contribution in [0.25, 0.3) is 0 Å². The topological polar surface area (TPSA) is 94.0 Å². The van der Waals surface area contributed by atoms with Crippen LogP contribution < -0.4 is 16.8 Å². The predicted octanol–water partition coefficient (Wildman–Crippen LogP) is 1.36. The molecule has 5 nitrogen and oxygen atoms in total. The number of nitrogen functional groups attached to an aromatic ring is 1. The van der Waals surface area contributed by atoms with Gasteiger partial charge in [0.2, 0.25) is 0 Å². The zero-order valence-electron chi connectivity index (χ0n) is 9.99. The molecule has 0 radical (unpaired) electrons. The van der Waals surface area contributed by atoms with Gasteiger partial charge in [-0.15, -0.1) is 0 Å². The Labute approximate surface area is 101 Å². The Morgan fingerprint density at radius 3 is 2.76 bits per heavy atom. The molecule has 1 saturated carbocycles. The van der Waals surface area contributed by atoms with Gasteiger partial charge < -0.3 is 16.8 Å². The molecular weight excluding hydrogens is 216 g/mol. The van der Waals surface area contributed by atoms with Crippen LogP contribution in [0.15, 0.2) is 12.1 Å². The number of carbonyl (C=O) groups is 1. The highest BCUT2D eigenvalue weighted by Crippen LogP contribution is 2.48. The minimum Gasteiger partial charge on any atom is -0.396 e. The van der Waals surface area contributed by atoms with E-state index in [1.54, 1.807) is 6.07 Å². The van der Waals surface area contributed by atoms with Crippen molar-refractivity contribution in [3.8, 4) is 0 Å². The van der Waals surface area contributed by atoms with Gasteiger partial charge in [-0.2, -0.15) is 0 Å². The normalized spacial score (nSPS) is 16.5. The largest absolute Gasteiger partial charge is 0.396 e. The summed E-state index contributed by atoms with van der Waals surface area (Å²) in [6.45, 7) is 3.04. The van der Waals surface area contributed by atoms with Crippen molar-refractivity contribution in [3.63, 3.8) is 0 Å². The Morgan fingerprint density at radius 1 is 1.53 bits per heavy atom. The summed E-state index contributed by atoms with van der Waals surface area (Å²) in [6, 6.07) is 3.19. The van der Waals surface area contributed by atoms with Crippen molar-refractivity contribution in [2.45, 2.75) is 26.2 Å². The third kappa shape index (κ3) is 2.49. The number of hydrogen-bond donors (Lipinski definition) is 3. The first-order valence-corrected chi connectivity index (χ1v) is 5.86. The number of amides is 1. The molecule has 5 N–H and O–H groups in total. The number of rotatable bonds is 5. The van der Waals surface area contributed by atoms with Crippen LogP contribution in [0.4, 0.5) is 11.5 Å². The number of nitrogens with one attached hydrogen (secondary N) is 1. The van der Waals surface area contributed by atoms with Crippen molar-refractivity contribution in [1.82, 2.24) is 4.98 Å². The minimum atomic E-state index is -0.537. The van der Waals surface area contributed by atoms with Crippen LogP contribution in [-0.4, -0.2) is 17.4 Å². The van der Waals surface area contributed by atoms with Crippen LogP contribution in [-0.2, 0) is 0 Å². The Kier molecular flexibility index (Phi) is 2.92. The molecule has 0 atom stereocenters. The number of nitrogens with zero attached hydrogens (tertiary/aromatic N) is 1. The summed E-state index contributed by atoms with van der Waals surface area (Å²) in [5.41, 5.74) is 12.2. The van der Waals surface area contributed by atoms with Crippen LogP contribution in [0.5, 0.6) is 0 Å². The number of primary amides is 1. The summed E-state index contributed by atoms with van der Waals surface area (Å²) in [6.07, 6.45) is 3.63. The number of nitrogens with two attached hydrogens (primary N) is 2. The number of anilines is 2. The smallest absolute Gasteiger partial charge is 0.267 e. The first-order chi connectivity index (χ1) is 8.06. The van der Waals surface area contributed by atoms with Crippen molar-refractivity contribution in [3.05, 3.63) is 17.8 Å². The second-order valence-corrected chi connectivity index (χ2v) is 4.71. The summed E-state index contributed by atoms with van der Waals surface area (Å²) in [5.74, 6) is 0.0192. The standard InChI is InChI=1S/C12H18N4O/c1-2-12(5-6-12)7-15-11-8(13)3-4-9(16-11)10(14)17/h3-4H,2,5-7,13H2,1H3,(H2,14,17)(H,15,16). The van der Waals surface area contributed by atoms with Crippen LogP contribution >= 0.6 is 0 Å². The van der Waals surface area contributed by atoms with Crippen molar-refractivity contribution >= 4 is 17.4 Å². The van der Waals surface area contributed by atoms with E-state index in [0.29, 0.717) is 16.9 Å². The van der Waals surface area contributed by atoms with E-state index in [2.05, 4.69) is 17.2 Å². The molecule has 2 rings (SSSR count). The van der Waals surface area contributed by atoms with E-state index in [0.717, 1.165) is 13.0 Å². The third-order valence-corrected chi connectivity index (χ3v) is 3.52. The lowest BCUT2D eigenvalue weighted by Crippen LogP contribution is -2.18. The molecule has 1 aromatic heterocycles. The minimum absolute atomic E-state index is 0.239. The van der Waals surface area contributed by atoms with Gasteiger partial charge >= 0.3 is 0 Å². The van der Waals surface area contributed by atoms with Crippen molar-refractivity contribution < 1.29 is 4.79 Å². The van der Waals surface area contributed by atoms with Gasteiger partial charge in [0.1, 0.15) is 11.5 Å². The quantitative estimate of drug-likeness (QED) is 0.717. The monoisotopic (exact) mass is 234 g/mol. The van der Waals surface area contributed by atoms with Gasteiger partial charge in [-0.05, 0) is 36.8 Å². The Hall–Kier alpha value is -1.78. The Bertz CT molecular complexity index is 440. The number of carbonyl (C=O) groups excluding carboxylic acids is 1. The number of hydrogen-bond acceptors (Lipinski definition) is 4. The van der Waals surface area contributed by atoms with E-state index < -0.39 is 5.91 Å². The van der Waals surface area contributed by atoms with E-state index in [1.165, 1.54) is 18.9 Å². The number of pyridine rings is 1. The molecule has 1 aliphatic rings. The summed E-state index contributed by atoms with van der Waals surface area (Å²) in [5, 5.41) is 3.22. The van der Waals surface area contributed by atoms with Crippen molar-refractivity contribution in [2.75, 3.05) is 17.6 Å². The maximum Gasteiger partial charge on any atom is 0.267 e. The fraction of sp³-hybridized carbons (Fsp3) is 0.500. The second kappa shape index (κ2) is 4.24. The molecule has 0 saturated heterocycles. The van der Waals surface area contributed by atoms with E-state index in [1.807, 2.05) is 0 Å². The highest BCUT2D eigenvalue weighted by atomic mass is 16.1. The first-order valence-electron chi connectivity index (χ1n) is 5.86. The zero-order valence-corrected chi connectivity index (χ0v) is 9.99. The van der Waals surface area contributed by atoms with E-state index >= 15 is 0 Å². The molecule has 1 amide bonds. The lowest BCUT2D eigenvalue weighted by Gasteiger charge is -2.15. The predicted molar refractivity (Wildman–Crippen MR) is 67.6 cm³/mol. The van der Waals surface area contributed by atoms with E-state index in [-0.39, 0.29) is 5.69 Å². The molecule has 17 heavy (non-hydrogen) atoms. The molecule has 0 bridgehead atoms. The molecule has 1 aliphatic carbocycles. The van der Waals surface area contributed by atoms with Crippen LogP contribution in [0.3, 0.4) is 0 Å². The summed E-state index contributed by atoms with van der Waals surface area (Å²) >= 11 is 0. The van der Waals surface area contributed by atoms with Gasteiger partial charge in [-0.1, -0.05) is 6.92 Å². The van der Waals surface area contributed by atoms with E-state index in [4.69, 9.17) is 11.5 Å². The SMILES string of the molecule is CCC1(CNc2nc(C(N)=O)ccc2N)CC1. The Balaban J connectivity index is 2.09. The maximum absolute atomic E-state index is 11.0. The first kappa shape index (κ1) is 11.7. The fourth-order valence-electron chi connectivity index (χ4n) is 1.85. The van der Waals surface area contributed by atoms with Gasteiger partial charge in [-0.3, -0.25) is 4.79 Å². The van der Waals surface area contributed by atoms with Crippen LogP contribution in [0.2, 0.25) is 0 Å². The van der Waals surface area contributed by atoms with E-state index in [9.17, 15) is 4.79 Å². The second-order valence-electron chi connectivity index (χ2n) is 4.71. The Morgan fingerprint density at radius 2 is 2.24 bits per heavy atom. The maximum atomic E-state index is 11.0. The summed E-state index contributed by atoms with van der Waals surface area (Å²) in [4.78, 5) is 15.2. The fourth-order valence-corrected chi connectivity index (χ4v) is 1.85. The molecule has 1 aromatic rings. The molecular formula is C12H18N4O. The average molecular weight is 234 g/mol. The van der Waals surface area contributed by atoms with Gasteiger partial charge in [-0.25, -0.2) is 4.98 Å². The highest BCUT2D eigenvalue weighted by molar-refractivity contribution is 5.91. The molecule has 0 unspecified atom stereocenters.